The predicted octanol–water partition coefficient (Wildman–Crippen LogP) is 5.49. The number of halogens is 2. The highest BCUT2D eigenvalue weighted by atomic mass is 79.9. The Bertz CT molecular complexity index is 1140. The summed E-state index contributed by atoms with van der Waals surface area (Å²) < 4.78 is 4.15. The van der Waals surface area contributed by atoms with Crippen LogP contribution >= 0.6 is 31.9 Å². The summed E-state index contributed by atoms with van der Waals surface area (Å²) in [5.41, 5.74) is 3.13. The van der Waals surface area contributed by atoms with Gasteiger partial charge in [0.1, 0.15) is 0 Å². The average molecular weight is 518 g/mol. The molecule has 0 amide bonds. The number of aromatic nitrogens is 1. The molecule has 1 heterocycles. The van der Waals surface area contributed by atoms with Gasteiger partial charge in [-0.05, 0) is 60.7 Å². The largest absolute Gasteiger partial charge is 0.478 e. The van der Waals surface area contributed by atoms with Crippen molar-refractivity contribution in [2.24, 2.45) is 0 Å². The van der Waals surface area contributed by atoms with E-state index in [1.165, 1.54) is 0 Å². The van der Waals surface area contributed by atoms with Crippen molar-refractivity contribution in [3.63, 3.8) is 0 Å². The molecular weight excluding hydrogens is 500 g/mol. The molecule has 0 saturated carbocycles. The van der Waals surface area contributed by atoms with Crippen LogP contribution in [0.4, 0.5) is 5.69 Å². The van der Waals surface area contributed by atoms with Crippen molar-refractivity contribution < 1.29 is 15.0 Å². The third-order valence-electron chi connectivity index (χ3n) is 4.86. The van der Waals surface area contributed by atoms with Crippen LogP contribution in [0.2, 0.25) is 0 Å². The molecule has 0 aliphatic rings. The second-order valence-electron chi connectivity index (χ2n) is 6.85. The topological polar surface area (TPSA) is 74.5 Å². The molecule has 0 aliphatic heterocycles. The summed E-state index contributed by atoms with van der Waals surface area (Å²) in [4.78, 5) is 10.9. The molecule has 0 radical (unpaired) electrons. The first-order chi connectivity index (χ1) is 13.9. The molecule has 0 bridgehead atoms. The van der Waals surface area contributed by atoms with E-state index in [0.29, 0.717) is 13.1 Å². The number of aliphatic hydroxyl groups excluding tert-OH is 1. The summed E-state index contributed by atoms with van der Waals surface area (Å²) in [5.74, 6) is -0.957. The number of carboxylic acids is 1. The van der Waals surface area contributed by atoms with E-state index in [1.54, 1.807) is 24.3 Å². The average Bonchev–Trinajstić information content (AvgIpc) is 2.99. The van der Waals surface area contributed by atoms with Gasteiger partial charge in [-0.25, -0.2) is 4.79 Å². The fourth-order valence-corrected chi connectivity index (χ4v) is 4.21. The predicted molar refractivity (Wildman–Crippen MR) is 123 cm³/mol. The van der Waals surface area contributed by atoms with Crippen LogP contribution in [0.25, 0.3) is 21.8 Å². The lowest BCUT2D eigenvalue weighted by molar-refractivity contribution is 0.0697. The van der Waals surface area contributed by atoms with Crippen molar-refractivity contribution in [1.82, 2.24) is 4.57 Å². The summed E-state index contributed by atoms with van der Waals surface area (Å²) in [6.07, 6.45) is -0.625. The van der Waals surface area contributed by atoms with E-state index in [4.69, 9.17) is 5.11 Å². The standard InChI is InChI=1S/C22H18Br2N2O3/c23-14-3-7-20-18(9-14)19-10-15(24)4-8-21(19)26(20)12-17(27)11-25-16-5-1-13(2-6-16)22(28)29/h1-10,17,25,27H,11-12H2,(H,28,29). The zero-order valence-electron chi connectivity index (χ0n) is 15.3. The zero-order valence-corrected chi connectivity index (χ0v) is 18.4. The van der Waals surface area contributed by atoms with Crippen LogP contribution < -0.4 is 5.32 Å². The van der Waals surface area contributed by atoms with Gasteiger partial charge in [-0.3, -0.25) is 0 Å². The number of aromatic carboxylic acids is 1. The zero-order chi connectivity index (χ0) is 20.5. The molecule has 1 unspecified atom stereocenters. The molecule has 0 saturated heterocycles. The third kappa shape index (κ3) is 4.17. The van der Waals surface area contributed by atoms with Crippen molar-refractivity contribution in [3.8, 4) is 0 Å². The maximum absolute atomic E-state index is 10.9. The highest BCUT2D eigenvalue weighted by Gasteiger charge is 2.14. The lowest BCUT2D eigenvalue weighted by atomic mass is 10.2. The lowest BCUT2D eigenvalue weighted by Crippen LogP contribution is -2.24. The number of aliphatic hydroxyl groups is 1. The molecule has 0 spiro atoms. The van der Waals surface area contributed by atoms with Gasteiger partial charge in [-0.1, -0.05) is 31.9 Å². The van der Waals surface area contributed by atoms with E-state index in [1.807, 2.05) is 12.1 Å². The molecule has 5 nitrogen and oxygen atoms in total. The number of fused-ring (bicyclic) bond motifs is 3. The summed E-state index contributed by atoms with van der Waals surface area (Å²) in [6, 6.07) is 18.8. The van der Waals surface area contributed by atoms with Crippen LogP contribution in [0.15, 0.2) is 69.6 Å². The number of hydrogen-bond donors (Lipinski definition) is 3. The Morgan fingerprint density at radius 3 is 2.00 bits per heavy atom. The molecule has 7 heteroatoms. The van der Waals surface area contributed by atoms with Gasteiger partial charge >= 0.3 is 5.97 Å². The van der Waals surface area contributed by atoms with Gasteiger partial charge in [0.15, 0.2) is 0 Å². The molecule has 3 N–H and O–H groups in total. The number of carboxylic acid groups (broad SMARTS) is 1. The molecule has 29 heavy (non-hydrogen) atoms. The first-order valence-electron chi connectivity index (χ1n) is 9.04. The number of anilines is 1. The minimum absolute atomic E-state index is 0.235. The Morgan fingerprint density at radius 1 is 0.931 bits per heavy atom. The van der Waals surface area contributed by atoms with Gasteiger partial charge < -0.3 is 20.1 Å². The van der Waals surface area contributed by atoms with E-state index in [2.05, 4.69) is 66.0 Å². The summed E-state index contributed by atoms with van der Waals surface area (Å²) in [5, 5.41) is 25.0. The molecule has 4 aromatic rings. The van der Waals surface area contributed by atoms with Crippen LogP contribution in [-0.2, 0) is 6.54 Å². The molecule has 148 valence electrons. The van der Waals surface area contributed by atoms with Crippen LogP contribution in [0.3, 0.4) is 0 Å². The normalized spacial score (nSPS) is 12.4. The van der Waals surface area contributed by atoms with E-state index < -0.39 is 12.1 Å². The van der Waals surface area contributed by atoms with Gasteiger partial charge in [0.25, 0.3) is 0 Å². The Balaban J connectivity index is 1.57. The first-order valence-corrected chi connectivity index (χ1v) is 10.6. The summed E-state index contributed by atoms with van der Waals surface area (Å²) >= 11 is 7.09. The number of carbonyl (C=O) groups is 1. The van der Waals surface area contributed by atoms with Crippen molar-refractivity contribution >= 4 is 65.3 Å². The number of hydrogen-bond acceptors (Lipinski definition) is 3. The molecule has 0 aliphatic carbocycles. The van der Waals surface area contributed by atoms with Gasteiger partial charge in [0, 0.05) is 43.0 Å². The Labute approximate surface area is 184 Å². The Kier molecular flexibility index (Phi) is 5.63. The van der Waals surface area contributed by atoms with Gasteiger partial charge in [0.2, 0.25) is 0 Å². The molecule has 1 aromatic heterocycles. The number of rotatable bonds is 6. The fourth-order valence-electron chi connectivity index (χ4n) is 3.49. The van der Waals surface area contributed by atoms with Crippen molar-refractivity contribution in [3.05, 3.63) is 75.2 Å². The fraction of sp³-hybridized carbons (Fsp3) is 0.136. The summed E-state index contributed by atoms with van der Waals surface area (Å²) in [7, 11) is 0. The van der Waals surface area contributed by atoms with Crippen LogP contribution in [-0.4, -0.2) is 33.4 Å². The van der Waals surface area contributed by atoms with Crippen LogP contribution in [0.1, 0.15) is 10.4 Å². The van der Waals surface area contributed by atoms with E-state index in [9.17, 15) is 9.90 Å². The molecule has 1 atom stereocenters. The second kappa shape index (κ2) is 8.18. The van der Waals surface area contributed by atoms with Gasteiger partial charge in [-0.15, -0.1) is 0 Å². The van der Waals surface area contributed by atoms with Crippen molar-refractivity contribution in [2.75, 3.05) is 11.9 Å². The Hall–Kier alpha value is -2.35. The van der Waals surface area contributed by atoms with Gasteiger partial charge in [-0.2, -0.15) is 0 Å². The maximum Gasteiger partial charge on any atom is 0.335 e. The van der Waals surface area contributed by atoms with Crippen LogP contribution in [0, 0.1) is 0 Å². The number of nitrogens with one attached hydrogen (secondary N) is 1. The van der Waals surface area contributed by atoms with E-state index in [0.717, 1.165) is 36.4 Å². The van der Waals surface area contributed by atoms with Gasteiger partial charge in [0.05, 0.1) is 18.2 Å². The molecule has 4 rings (SSSR count). The summed E-state index contributed by atoms with van der Waals surface area (Å²) in [6.45, 7) is 0.782. The number of nitrogens with zero attached hydrogens (tertiary/aromatic N) is 1. The first kappa shape index (κ1) is 19.9. The smallest absolute Gasteiger partial charge is 0.335 e. The highest BCUT2D eigenvalue weighted by Crippen LogP contribution is 2.33. The molecular formula is C22H18Br2N2O3. The van der Waals surface area contributed by atoms with Crippen LogP contribution in [0.5, 0.6) is 0 Å². The number of benzene rings is 3. The van der Waals surface area contributed by atoms with Crippen molar-refractivity contribution in [2.45, 2.75) is 12.6 Å². The van der Waals surface area contributed by atoms with E-state index >= 15 is 0 Å². The minimum atomic E-state index is -0.957. The molecule has 0 fully saturated rings. The third-order valence-corrected chi connectivity index (χ3v) is 5.84. The minimum Gasteiger partial charge on any atom is -0.478 e. The lowest BCUT2D eigenvalue weighted by Gasteiger charge is -2.16. The maximum atomic E-state index is 10.9. The second-order valence-corrected chi connectivity index (χ2v) is 8.68. The quantitative estimate of drug-likeness (QED) is 0.316. The highest BCUT2D eigenvalue weighted by molar-refractivity contribution is 9.10. The van der Waals surface area contributed by atoms with E-state index in [-0.39, 0.29) is 5.56 Å². The molecule has 3 aromatic carbocycles. The monoisotopic (exact) mass is 516 g/mol. The SMILES string of the molecule is O=C(O)c1ccc(NCC(O)Cn2c3ccc(Br)cc3c3cc(Br)ccc32)cc1. The van der Waals surface area contributed by atoms with Crippen molar-refractivity contribution in [1.29, 1.82) is 0 Å². The Morgan fingerprint density at radius 2 is 1.48 bits per heavy atom.